The zero-order valence-electron chi connectivity index (χ0n) is 24.6. The van der Waals surface area contributed by atoms with Gasteiger partial charge in [0, 0.05) is 79.5 Å². The summed E-state index contributed by atoms with van der Waals surface area (Å²) in [6, 6.07) is 7.80. The Morgan fingerprint density at radius 3 is 2.52 bits per heavy atom. The molecular weight excluding hydrogens is 594 g/mol. The molecule has 44 heavy (non-hydrogen) atoms. The minimum absolute atomic E-state index is 0.0296. The quantitative estimate of drug-likeness (QED) is 0.311. The topological polar surface area (TPSA) is 140 Å². The van der Waals surface area contributed by atoms with Gasteiger partial charge in [-0.1, -0.05) is 13.8 Å². The summed E-state index contributed by atoms with van der Waals surface area (Å²) in [6.45, 7) is 5.99. The van der Waals surface area contributed by atoms with Crippen LogP contribution >= 0.6 is 0 Å². The molecule has 0 bridgehead atoms. The first-order valence-corrected chi connectivity index (χ1v) is 16.1. The summed E-state index contributed by atoms with van der Waals surface area (Å²) in [5.74, 6) is -2.25. The second-order valence-electron chi connectivity index (χ2n) is 12.3. The summed E-state index contributed by atoms with van der Waals surface area (Å²) in [7, 11) is -4.28. The van der Waals surface area contributed by atoms with Crippen molar-refractivity contribution in [3.8, 4) is 0 Å². The van der Waals surface area contributed by atoms with Gasteiger partial charge in [-0.3, -0.25) is 9.89 Å². The van der Waals surface area contributed by atoms with Crippen molar-refractivity contribution in [1.82, 2.24) is 14.5 Å². The highest BCUT2D eigenvalue weighted by molar-refractivity contribution is 7.89. The number of hydrogen-bond donors (Lipinski definition) is 4. The molecule has 6 rings (SSSR count). The molecule has 14 heteroatoms. The van der Waals surface area contributed by atoms with Gasteiger partial charge in [0.05, 0.1) is 16.6 Å². The highest BCUT2D eigenvalue weighted by Crippen LogP contribution is 2.38. The molecule has 3 aliphatic rings. The summed E-state index contributed by atoms with van der Waals surface area (Å²) in [5.41, 5.74) is 2.29. The molecule has 1 amide bonds. The van der Waals surface area contributed by atoms with Crippen molar-refractivity contribution in [2.45, 2.75) is 62.1 Å². The number of H-pyrrole nitrogens is 1. The van der Waals surface area contributed by atoms with Crippen LogP contribution < -0.4 is 15.5 Å². The lowest BCUT2D eigenvalue weighted by Gasteiger charge is -2.36. The predicted molar refractivity (Wildman–Crippen MR) is 160 cm³/mol. The molecule has 3 aromatic rings. The molecule has 4 N–H and O–H groups in total. The molecule has 2 saturated heterocycles. The number of anilines is 3. The first-order chi connectivity index (χ1) is 20.9. The van der Waals surface area contributed by atoms with E-state index in [9.17, 15) is 27.1 Å². The summed E-state index contributed by atoms with van der Waals surface area (Å²) in [6.07, 6.45) is 1.85. The highest BCUT2D eigenvalue weighted by atomic mass is 32.2. The van der Waals surface area contributed by atoms with E-state index < -0.39 is 44.0 Å². The summed E-state index contributed by atoms with van der Waals surface area (Å²) >= 11 is 0. The number of halogens is 2. The van der Waals surface area contributed by atoms with E-state index in [1.165, 1.54) is 0 Å². The number of nitrogens with zero attached hydrogens (tertiary/aromatic N) is 3. The Morgan fingerprint density at radius 1 is 1.11 bits per heavy atom. The van der Waals surface area contributed by atoms with Gasteiger partial charge in [0.2, 0.25) is 10.0 Å². The van der Waals surface area contributed by atoms with Crippen molar-refractivity contribution in [3.05, 3.63) is 64.9 Å². The Kier molecular flexibility index (Phi) is 8.11. The van der Waals surface area contributed by atoms with Crippen LogP contribution in [-0.2, 0) is 26.7 Å². The molecule has 1 atom stereocenters. The number of aliphatic hydroxyl groups excluding tert-OH is 1. The van der Waals surface area contributed by atoms with E-state index in [0.29, 0.717) is 61.3 Å². The van der Waals surface area contributed by atoms with Crippen LogP contribution in [0, 0.1) is 11.6 Å². The number of ether oxygens (including phenoxy) is 1. The zero-order chi connectivity index (χ0) is 31.2. The van der Waals surface area contributed by atoms with Crippen LogP contribution in [0.4, 0.5) is 26.0 Å². The maximum absolute atomic E-state index is 13.9. The van der Waals surface area contributed by atoms with E-state index in [1.54, 1.807) is 6.07 Å². The first-order valence-electron chi connectivity index (χ1n) is 14.7. The third-order valence-electron chi connectivity index (χ3n) is 8.51. The number of amides is 1. The number of hydrogen-bond acceptors (Lipinski definition) is 8. The molecule has 0 aliphatic carbocycles. The number of aromatic amines is 1. The average molecular weight is 631 g/mol. The largest absolute Gasteiger partial charge is 0.391 e. The zero-order valence-corrected chi connectivity index (χ0v) is 25.4. The van der Waals surface area contributed by atoms with Crippen LogP contribution in [0.1, 0.15) is 54.7 Å². The van der Waals surface area contributed by atoms with E-state index in [1.807, 2.05) is 26.0 Å². The highest BCUT2D eigenvalue weighted by Gasteiger charge is 2.41. The van der Waals surface area contributed by atoms with Crippen LogP contribution in [-0.4, -0.2) is 78.9 Å². The second kappa shape index (κ2) is 11.7. The maximum atomic E-state index is 13.9. The van der Waals surface area contributed by atoms with Crippen molar-refractivity contribution in [2.75, 3.05) is 48.4 Å². The fraction of sp³-hybridized carbons (Fsp3) is 0.467. The van der Waals surface area contributed by atoms with Crippen molar-refractivity contribution >= 4 is 33.1 Å². The number of nitrogens with one attached hydrogen (secondary N) is 3. The van der Waals surface area contributed by atoms with Gasteiger partial charge >= 0.3 is 0 Å². The molecule has 0 radical (unpaired) electrons. The van der Waals surface area contributed by atoms with Gasteiger partial charge in [0.1, 0.15) is 11.6 Å². The summed E-state index contributed by atoms with van der Waals surface area (Å²) < 4.78 is 61.5. The molecule has 4 heterocycles. The van der Waals surface area contributed by atoms with E-state index in [0.717, 1.165) is 35.0 Å². The van der Waals surface area contributed by atoms with E-state index in [2.05, 4.69) is 25.7 Å². The number of aromatic nitrogens is 2. The number of rotatable bonds is 7. The molecule has 3 aliphatic heterocycles. The fourth-order valence-electron chi connectivity index (χ4n) is 6.19. The van der Waals surface area contributed by atoms with Crippen molar-refractivity contribution in [3.63, 3.8) is 0 Å². The molecule has 1 aromatic heterocycles. The molecule has 1 unspecified atom stereocenters. The lowest BCUT2D eigenvalue weighted by atomic mass is 9.84. The SMILES string of the molecule is CC1(C)CN(S(=O)(=O)c2cc(F)cc(F)c2)Cc2c(NC(=O)c3ccc(N4CCC(O)C4)cc3NC3CCOCC3)n[nH]c21. The summed E-state index contributed by atoms with van der Waals surface area (Å²) in [4.78, 5) is 15.4. The van der Waals surface area contributed by atoms with Gasteiger partial charge < -0.3 is 25.4 Å². The number of carbonyl (C=O) groups is 1. The minimum atomic E-state index is -4.28. The first kappa shape index (κ1) is 30.4. The molecule has 236 valence electrons. The van der Waals surface area contributed by atoms with Crippen LogP contribution in [0.15, 0.2) is 41.3 Å². The van der Waals surface area contributed by atoms with Crippen LogP contribution in [0.3, 0.4) is 0 Å². The second-order valence-corrected chi connectivity index (χ2v) is 14.2. The number of fused-ring (bicyclic) bond motifs is 1. The van der Waals surface area contributed by atoms with Crippen LogP contribution in [0.25, 0.3) is 0 Å². The third-order valence-corrected chi connectivity index (χ3v) is 10.3. The number of benzene rings is 2. The average Bonchev–Trinajstić information content (AvgIpc) is 3.59. The van der Waals surface area contributed by atoms with Crippen LogP contribution in [0.5, 0.6) is 0 Å². The van der Waals surface area contributed by atoms with E-state index in [-0.39, 0.29) is 24.9 Å². The minimum Gasteiger partial charge on any atom is -0.391 e. The summed E-state index contributed by atoms with van der Waals surface area (Å²) in [5, 5.41) is 23.7. The monoisotopic (exact) mass is 630 g/mol. The van der Waals surface area contributed by atoms with Gasteiger partial charge in [0.25, 0.3) is 5.91 Å². The molecule has 0 spiro atoms. The third kappa shape index (κ3) is 6.03. The van der Waals surface area contributed by atoms with Gasteiger partial charge in [-0.2, -0.15) is 9.40 Å². The lowest BCUT2D eigenvalue weighted by molar-refractivity contribution is 0.0904. The fourth-order valence-corrected chi connectivity index (χ4v) is 7.80. The van der Waals surface area contributed by atoms with Gasteiger partial charge in [-0.05, 0) is 49.6 Å². The Bertz CT molecular complexity index is 1650. The van der Waals surface area contributed by atoms with Gasteiger partial charge in [-0.15, -0.1) is 0 Å². The maximum Gasteiger partial charge on any atom is 0.258 e. The molecule has 0 saturated carbocycles. The van der Waals surface area contributed by atoms with Crippen molar-refractivity contribution in [1.29, 1.82) is 0 Å². The van der Waals surface area contributed by atoms with Gasteiger partial charge in [0.15, 0.2) is 5.82 Å². The predicted octanol–water partition coefficient (Wildman–Crippen LogP) is 3.58. The number of aliphatic hydroxyl groups is 1. The molecule has 11 nitrogen and oxygen atoms in total. The van der Waals surface area contributed by atoms with Crippen molar-refractivity contribution < 1.29 is 31.8 Å². The number of sulfonamides is 1. The van der Waals surface area contributed by atoms with E-state index >= 15 is 0 Å². The number of β-amino-alcohol motifs (C(OH)–C–C–N with tert-alkyl or cyclic N) is 1. The van der Waals surface area contributed by atoms with Crippen molar-refractivity contribution in [2.24, 2.45) is 0 Å². The Hall–Kier alpha value is -3.59. The Labute approximate surface area is 254 Å². The van der Waals surface area contributed by atoms with Crippen LogP contribution in [0.2, 0.25) is 0 Å². The standard InChI is InChI=1S/C30H36F2N6O5S/c1-30(2)17-38(44(41,42)23-12-18(31)11-19(32)13-23)16-25-27(30)35-36-28(25)34-29(40)24-4-3-21(37-8-5-22(39)15-37)14-26(24)33-20-6-9-43-10-7-20/h3-4,11-14,20,22,33,39H,5-10,15-17H2,1-2H3,(H2,34,35,36,40). The lowest BCUT2D eigenvalue weighted by Crippen LogP contribution is -2.45. The Balaban J connectivity index is 1.29. The Morgan fingerprint density at radius 2 is 1.84 bits per heavy atom. The van der Waals surface area contributed by atoms with Gasteiger partial charge in [-0.25, -0.2) is 17.2 Å². The molecule has 2 aromatic carbocycles. The van der Waals surface area contributed by atoms with E-state index in [4.69, 9.17) is 4.74 Å². The molecule has 2 fully saturated rings. The smallest absolute Gasteiger partial charge is 0.258 e. The number of carbonyl (C=O) groups excluding carboxylic acids is 1. The molecular formula is C30H36F2N6O5S. The normalized spacial score (nSPS) is 20.8.